The second-order valence-corrected chi connectivity index (χ2v) is 6.07. The van der Waals surface area contributed by atoms with E-state index >= 15 is 0 Å². The molecule has 1 unspecified atom stereocenters. The van der Waals surface area contributed by atoms with Gasteiger partial charge in [-0.25, -0.2) is 0 Å². The molecule has 3 rings (SSSR count). The molecule has 2 aliphatic rings. The fourth-order valence-electron chi connectivity index (χ4n) is 2.87. The van der Waals surface area contributed by atoms with Crippen molar-refractivity contribution in [1.82, 2.24) is 10.2 Å². The second-order valence-electron chi connectivity index (χ2n) is 6.07. The van der Waals surface area contributed by atoms with Crippen molar-refractivity contribution in [1.29, 1.82) is 0 Å². The molecule has 8 heteroatoms. The average Bonchev–Trinajstić information content (AvgIpc) is 2.89. The van der Waals surface area contributed by atoms with Gasteiger partial charge in [0.05, 0.1) is 11.3 Å². The number of hydrogen-bond acceptors (Lipinski definition) is 4. The van der Waals surface area contributed by atoms with Gasteiger partial charge in [-0.05, 0) is 24.3 Å². The van der Waals surface area contributed by atoms with Crippen molar-refractivity contribution >= 4 is 11.7 Å². The van der Waals surface area contributed by atoms with Gasteiger partial charge in [0.25, 0.3) is 5.91 Å². The lowest BCUT2D eigenvalue weighted by molar-refractivity contribution is -0.137. The monoisotopic (exact) mass is 366 g/mol. The Bertz CT molecular complexity index is 799. The van der Waals surface area contributed by atoms with E-state index < -0.39 is 17.6 Å². The van der Waals surface area contributed by atoms with Gasteiger partial charge in [0, 0.05) is 38.1 Å². The first-order valence-corrected chi connectivity index (χ1v) is 8.06. The van der Waals surface area contributed by atoms with Crippen molar-refractivity contribution in [3.05, 3.63) is 59.0 Å². The van der Waals surface area contributed by atoms with Crippen molar-refractivity contribution in [2.45, 2.75) is 25.2 Å². The van der Waals surface area contributed by atoms with Gasteiger partial charge in [-0.1, -0.05) is 6.07 Å². The van der Waals surface area contributed by atoms with Gasteiger partial charge >= 0.3 is 6.18 Å². The van der Waals surface area contributed by atoms with E-state index in [2.05, 4.69) is 5.32 Å². The fraction of sp³-hybridized carbons (Fsp3) is 0.333. The molecule has 1 N–H and O–H groups in total. The van der Waals surface area contributed by atoms with Crippen molar-refractivity contribution in [2.24, 2.45) is 0 Å². The minimum atomic E-state index is -4.49. The third-order valence-electron chi connectivity index (χ3n) is 4.25. The minimum Gasteiger partial charge on any atom is -0.468 e. The molecule has 1 aliphatic carbocycles. The van der Waals surface area contributed by atoms with E-state index in [1.807, 2.05) is 11.9 Å². The molecular weight excluding hydrogens is 349 g/mol. The number of likely N-dealkylation sites (N-methyl/N-ethyl adjacent to an activating group) is 1. The fourth-order valence-corrected chi connectivity index (χ4v) is 2.87. The summed E-state index contributed by atoms with van der Waals surface area (Å²) in [4.78, 5) is 25.4. The molecule has 1 fully saturated rings. The summed E-state index contributed by atoms with van der Waals surface area (Å²) in [5, 5.41) is 2.60. The third kappa shape index (κ3) is 3.74. The SMILES string of the molecule is CN1C2=CCC(=O)C=C2OC1CCNC(=O)c1cccc(C(F)(F)F)c1. The molecule has 1 aromatic rings. The zero-order valence-corrected chi connectivity index (χ0v) is 14.0. The molecule has 1 aromatic carbocycles. The molecule has 1 amide bonds. The van der Waals surface area contributed by atoms with Crippen molar-refractivity contribution in [3.63, 3.8) is 0 Å². The number of carbonyl (C=O) groups is 2. The lowest BCUT2D eigenvalue weighted by Crippen LogP contribution is -2.32. The number of rotatable bonds is 4. The normalized spacial score (nSPS) is 19.5. The number of ketones is 1. The number of carbonyl (C=O) groups excluding carboxylic acids is 2. The summed E-state index contributed by atoms with van der Waals surface area (Å²) < 4.78 is 43.8. The lowest BCUT2D eigenvalue weighted by atomic mass is 10.1. The van der Waals surface area contributed by atoms with Crippen molar-refractivity contribution < 1.29 is 27.5 Å². The summed E-state index contributed by atoms with van der Waals surface area (Å²) in [5.41, 5.74) is -0.0827. The molecule has 0 bridgehead atoms. The number of allylic oxidation sites excluding steroid dienone is 2. The maximum absolute atomic E-state index is 12.7. The Balaban J connectivity index is 1.56. The van der Waals surface area contributed by atoms with E-state index in [1.165, 1.54) is 18.2 Å². The second kappa shape index (κ2) is 6.86. The highest BCUT2D eigenvalue weighted by Gasteiger charge is 2.33. The molecule has 138 valence electrons. The first kappa shape index (κ1) is 18.0. The Labute approximate surface area is 148 Å². The maximum Gasteiger partial charge on any atom is 0.416 e. The zero-order valence-electron chi connectivity index (χ0n) is 14.0. The largest absolute Gasteiger partial charge is 0.468 e. The number of alkyl halides is 3. The Kier molecular flexibility index (Phi) is 4.76. The van der Waals surface area contributed by atoms with Crippen LogP contribution in [0.25, 0.3) is 0 Å². The van der Waals surface area contributed by atoms with E-state index in [4.69, 9.17) is 4.74 Å². The molecule has 5 nitrogen and oxygen atoms in total. The number of fused-ring (bicyclic) bond motifs is 1. The van der Waals surface area contributed by atoms with Gasteiger partial charge in [0.15, 0.2) is 12.0 Å². The zero-order chi connectivity index (χ0) is 18.9. The molecule has 0 saturated carbocycles. The van der Waals surface area contributed by atoms with Crippen LogP contribution >= 0.6 is 0 Å². The van der Waals surface area contributed by atoms with Gasteiger partial charge in [-0.15, -0.1) is 0 Å². The standard InChI is InChI=1S/C18H17F3N2O3/c1-23-14-6-5-13(24)10-15(14)26-16(23)7-8-22-17(25)11-3-2-4-12(9-11)18(19,20)21/h2-4,6,9-10,16H,5,7-8H2,1H3,(H,22,25). The van der Waals surface area contributed by atoms with Crippen molar-refractivity contribution in [3.8, 4) is 0 Å². The summed E-state index contributed by atoms with van der Waals surface area (Å²) in [7, 11) is 1.82. The Morgan fingerprint density at radius 3 is 2.88 bits per heavy atom. The molecule has 1 atom stereocenters. The highest BCUT2D eigenvalue weighted by Crippen LogP contribution is 2.32. The molecule has 1 heterocycles. The van der Waals surface area contributed by atoms with E-state index in [9.17, 15) is 22.8 Å². The number of benzene rings is 1. The lowest BCUT2D eigenvalue weighted by Gasteiger charge is -2.20. The first-order valence-electron chi connectivity index (χ1n) is 8.06. The van der Waals surface area contributed by atoms with E-state index in [1.54, 1.807) is 6.08 Å². The summed E-state index contributed by atoms with van der Waals surface area (Å²) in [5.74, 6) is -0.101. The highest BCUT2D eigenvalue weighted by atomic mass is 19.4. The van der Waals surface area contributed by atoms with Crippen LogP contribution in [-0.2, 0) is 15.7 Å². The Morgan fingerprint density at radius 2 is 2.15 bits per heavy atom. The summed E-state index contributed by atoms with van der Waals surface area (Å²) in [6, 6.07) is 4.27. The summed E-state index contributed by atoms with van der Waals surface area (Å²) in [6.45, 7) is 0.221. The van der Waals surface area contributed by atoms with Gasteiger partial charge in [0.2, 0.25) is 0 Å². The first-order chi connectivity index (χ1) is 12.3. The number of halogens is 3. The van der Waals surface area contributed by atoms with Crippen LogP contribution in [-0.4, -0.2) is 36.4 Å². The topological polar surface area (TPSA) is 58.6 Å². The number of nitrogens with one attached hydrogen (secondary N) is 1. The maximum atomic E-state index is 12.7. The molecule has 0 spiro atoms. The van der Waals surface area contributed by atoms with Crippen molar-refractivity contribution in [2.75, 3.05) is 13.6 Å². The van der Waals surface area contributed by atoms with Crippen LogP contribution in [0.5, 0.6) is 0 Å². The smallest absolute Gasteiger partial charge is 0.416 e. The Morgan fingerprint density at radius 1 is 1.38 bits per heavy atom. The van der Waals surface area contributed by atoms with E-state index in [0.29, 0.717) is 18.6 Å². The van der Waals surface area contributed by atoms with Crippen LogP contribution in [0.1, 0.15) is 28.8 Å². The molecular formula is C18H17F3N2O3. The van der Waals surface area contributed by atoms with Crippen LogP contribution in [0.4, 0.5) is 13.2 Å². The predicted octanol–water partition coefficient (Wildman–Crippen LogP) is 2.85. The van der Waals surface area contributed by atoms with Gasteiger partial charge < -0.3 is 15.0 Å². The van der Waals surface area contributed by atoms with Crippen LogP contribution in [0.3, 0.4) is 0 Å². The van der Waals surface area contributed by atoms with Crippen LogP contribution < -0.4 is 5.32 Å². The third-order valence-corrected chi connectivity index (χ3v) is 4.25. The highest BCUT2D eigenvalue weighted by molar-refractivity contribution is 5.94. The predicted molar refractivity (Wildman–Crippen MR) is 86.8 cm³/mol. The summed E-state index contributed by atoms with van der Waals surface area (Å²) >= 11 is 0. The van der Waals surface area contributed by atoms with Crippen LogP contribution in [0.2, 0.25) is 0 Å². The molecule has 26 heavy (non-hydrogen) atoms. The number of ether oxygens (including phenoxy) is 1. The Hall–Kier alpha value is -2.77. The van der Waals surface area contributed by atoms with E-state index in [0.717, 1.165) is 17.8 Å². The molecule has 0 radical (unpaired) electrons. The van der Waals surface area contributed by atoms with Gasteiger partial charge in [-0.2, -0.15) is 13.2 Å². The molecule has 1 saturated heterocycles. The number of hydrogen-bond donors (Lipinski definition) is 1. The summed E-state index contributed by atoms with van der Waals surface area (Å²) in [6.07, 6.45) is -0.854. The van der Waals surface area contributed by atoms with Gasteiger partial charge in [0.1, 0.15) is 5.76 Å². The number of nitrogens with zero attached hydrogens (tertiary/aromatic N) is 1. The molecule has 0 aromatic heterocycles. The quantitative estimate of drug-likeness (QED) is 0.890. The molecule has 1 aliphatic heterocycles. The average molecular weight is 366 g/mol. The van der Waals surface area contributed by atoms with Crippen LogP contribution in [0, 0.1) is 0 Å². The van der Waals surface area contributed by atoms with Crippen LogP contribution in [0.15, 0.2) is 47.9 Å². The minimum absolute atomic E-state index is 0.0318. The van der Waals surface area contributed by atoms with Gasteiger partial charge in [-0.3, -0.25) is 9.59 Å². The van der Waals surface area contributed by atoms with E-state index in [-0.39, 0.29) is 24.1 Å². The number of amides is 1.